The van der Waals surface area contributed by atoms with Gasteiger partial charge < -0.3 is 5.73 Å². The average Bonchev–Trinajstić information content (AvgIpc) is 2.49. The van der Waals surface area contributed by atoms with E-state index in [0.717, 1.165) is 6.42 Å². The fourth-order valence-corrected chi connectivity index (χ4v) is 2.04. The number of hydrogen-bond acceptors (Lipinski definition) is 2. The van der Waals surface area contributed by atoms with Gasteiger partial charge in [0.2, 0.25) is 0 Å². The van der Waals surface area contributed by atoms with Crippen LogP contribution in [0.25, 0.3) is 0 Å². The van der Waals surface area contributed by atoms with Crippen LogP contribution in [-0.4, -0.2) is 18.1 Å². The molecule has 0 bridgehead atoms. The van der Waals surface area contributed by atoms with E-state index in [2.05, 4.69) is 42.3 Å². The quantitative estimate of drug-likeness (QED) is 0.706. The highest BCUT2D eigenvalue weighted by molar-refractivity contribution is 5.20. The van der Waals surface area contributed by atoms with E-state index in [9.17, 15) is 0 Å². The van der Waals surface area contributed by atoms with Crippen molar-refractivity contribution in [3.8, 4) is 0 Å². The summed E-state index contributed by atoms with van der Waals surface area (Å²) in [6.45, 7) is 0. The lowest BCUT2D eigenvalue weighted by molar-refractivity contribution is 0.248. The van der Waals surface area contributed by atoms with Gasteiger partial charge in [0, 0.05) is 6.04 Å². The summed E-state index contributed by atoms with van der Waals surface area (Å²) < 4.78 is 0. The first-order valence-electron chi connectivity index (χ1n) is 4.81. The summed E-state index contributed by atoms with van der Waals surface area (Å²) >= 11 is 0. The molecule has 2 unspecified atom stereocenters. The third-order valence-electron chi connectivity index (χ3n) is 2.93. The van der Waals surface area contributed by atoms with Gasteiger partial charge in [-0.25, -0.2) is 0 Å². The lowest BCUT2D eigenvalue weighted by atomic mass is 10.1. The van der Waals surface area contributed by atoms with Crippen LogP contribution in [-0.2, 0) is 0 Å². The SMILES string of the molecule is CN1C(N)CCC1c1ccccc1. The molecule has 1 aromatic carbocycles. The fraction of sp³-hybridized carbons (Fsp3) is 0.455. The van der Waals surface area contributed by atoms with Gasteiger partial charge in [-0.15, -0.1) is 0 Å². The van der Waals surface area contributed by atoms with Gasteiger partial charge in [-0.05, 0) is 25.5 Å². The van der Waals surface area contributed by atoms with Crippen molar-refractivity contribution in [1.82, 2.24) is 4.90 Å². The predicted octanol–water partition coefficient (Wildman–Crippen LogP) is 1.74. The largest absolute Gasteiger partial charge is 0.316 e. The van der Waals surface area contributed by atoms with Gasteiger partial charge in [0.25, 0.3) is 0 Å². The van der Waals surface area contributed by atoms with Gasteiger partial charge >= 0.3 is 0 Å². The summed E-state index contributed by atoms with van der Waals surface area (Å²) in [7, 11) is 2.11. The molecule has 1 aliphatic heterocycles. The van der Waals surface area contributed by atoms with E-state index in [1.165, 1.54) is 12.0 Å². The topological polar surface area (TPSA) is 29.3 Å². The third-order valence-corrected chi connectivity index (χ3v) is 2.93. The van der Waals surface area contributed by atoms with Gasteiger partial charge in [-0.1, -0.05) is 30.3 Å². The Bertz CT molecular complexity index is 271. The van der Waals surface area contributed by atoms with Gasteiger partial charge in [-0.2, -0.15) is 0 Å². The van der Waals surface area contributed by atoms with Gasteiger partial charge in [0.05, 0.1) is 6.17 Å². The van der Waals surface area contributed by atoms with Crippen molar-refractivity contribution >= 4 is 0 Å². The van der Waals surface area contributed by atoms with Crippen LogP contribution < -0.4 is 5.73 Å². The normalized spacial score (nSPS) is 29.4. The second-order valence-corrected chi connectivity index (χ2v) is 3.74. The smallest absolute Gasteiger partial charge is 0.0575 e. The second kappa shape index (κ2) is 3.48. The molecule has 70 valence electrons. The Morgan fingerprint density at radius 1 is 1.23 bits per heavy atom. The minimum absolute atomic E-state index is 0.241. The van der Waals surface area contributed by atoms with Crippen LogP contribution in [0.1, 0.15) is 24.4 Å². The second-order valence-electron chi connectivity index (χ2n) is 3.74. The molecule has 0 amide bonds. The molecule has 0 saturated carbocycles. The van der Waals surface area contributed by atoms with Crippen molar-refractivity contribution in [3.63, 3.8) is 0 Å². The van der Waals surface area contributed by atoms with Crippen molar-refractivity contribution in [2.45, 2.75) is 25.0 Å². The van der Waals surface area contributed by atoms with Crippen LogP contribution in [0.3, 0.4) is 0 Å². The summed E-state index contributed by atoms with van der Waals surface area (Å²) in [6, 6.07) is 11.1. The lowest BCUT2D eigenvalue weighted by Crippen LogP contribution is -2.34. The molecule has 0 aliphatic carbocycles. The molecule has 1 aliphatic rings. The summed E-state index contributed by atoms with van der Waals surface area (Å²) in [5.74, 6) is 0. The predicted molar refractivity (Wildman–Crippen MR) is 54.2 cm³/mol. The molecule has 1 heterocycles. The molecule has 1 fully saturated rings. The summed E-state index contributed by atoms with van der Waals surface area (Å²) in [4.78, 5) is 2.26. The van der Waals surface area contributed by atoms with Crippen molar-refractivity contribution in [1.29, 1.82) is 0 Å². The van der Waals surface area contributed by atoms with Crippen molar-refractivity contribution in [3.05, 3.63) is 35.9 Å². The zero-order valence-electron chi connectivity index (χ0n) is 7.98. The van der Waals surface area contributed by atoms with Crippen LogP contribution in [0.5, 0.6) is 0 Å². The number of nitrogens with zero attached hydrogens (tertiary/aromatic N) is 1. The first-order valence-corrected chi connectivity index (χ1v) is 4.81. The molecule has 2 heteroatoms. The van der Waals surface area contributed by atoms with E-state index < -0.39 is 0 Å². The molecule has 2 nitrogen and oxygen atoms in total. The van der Waals surface area contributed by atoms with E-state index in [1.54, 1.807) is 0 Å². The highest BCUT2D eigenvalue weighted by Gasteiger charge is 2.28. The maximum absolute atomic E-state index is 5.93. The Balaban J connectivity index is 2.19. The molecule has 0 spiro atoms. The zero-order chi connectivity index (χ0) is 9.26. The summed E-state index contributed by atoms with van der Waals surface area (Å²) in [5, 5.41) is 0. The first kappa shape index (κ1) is 8.73. The summed E-state index contributed by atoms with van der Waals surface area (Å²) in [6.07, 6.45) is 2.53. The highest BCUT2D eigenvalue weighted by atomic mass is 15.2. The van der Waals surface area contributed by atoms with E-state index in [-0.39, 0.29) is 6.17 Å². The van der Waals surface area contributed by atoms with Crippen molar-refractivity contribution in [2.24, 2.45) is 5.73 Å². The van der Waals surface area contributed by atoms with Gasteiger partial charge in [-0.3, -0.25) is 4.90 Å². The van der Waals surface area contributed by atoms with Crippen molar-refractivity contribution in [2.75, 3.05) is 7.05 Å². The molecule has 13 heavy (non-hydrogen) atoms. The van der Waals surface area contributed by atoms with Crippen LogP contribution >= 0.6 is 0 Å². The molecular weight excluding hydrogens is 160 g/mol. The minimum atomic E-state index is 0.241. The van der Waals surface area contributed by atoms with Crippen LogP contribution in [0.15, 0.2) is 30.3 Å². The van der Waals surface area contributed by atoms with Gasteiger partial charge in [0.15, 0.2) is 0 Å². The summed E-state index contributed by atoms with van der Waals surface area (Å²) in [5.41, 5.74) is 7.32. The minimum Gasteiger partial charge on any atom is -0.316 e. The molecule has 2 N–H and O–H groups in total. The molecule has 1 aromatic rings. The Labute approximate surface area is 79.4 Å². The number of hydrogen-bond donors (Lipinski definition) is 1. The number of nitrogens with two attached hydrogens (primary N) is 1. The monoisotopic (exact) mass is 176 g/mol. The van der Waals surface area contributed by atoms with E-state index >= 15 is 0 Å². The number of benzene rings is 1. The van der Waals surface area contributed by atoms with E-state index in [4.69, 9.17) is 5.73 Å². The molecule has 2 rings (SSSR count). The molecular formula is C11H16N2. The Hall–Kier alpha value is -0.860. The maximum Gasteiger partial charge on any atom is 0.0575 e. The maximum atomic E-state index is 5.93. The van der Waals surface area contributed by atoms with Crippen LogP contribution in [0.2, 0.25) is 0 Å². The highest BCUT2D eigenvalue weighted by Crippen LogP contribution is 2.32. The van der Waals surface area contributed by atoms with Crippen molar-refractivity contribution < 1.29 is 0 Å². The Morgan fingerprint density at radius 3 is 2.46 bits per heavy atom. The number of rotatable bonds is 1. The molecule has 0 aromatic heterocycles. The van der Waals surface area contributed by atoms with E-state index in [0.29, 0.717) is 6.04 Å². The first-order chi connectivity index (χ1) is 6.29. The zero-order valence-corrected chi connectivity index (χ0v) is 7.98. The fourth-order valence-electron chi connectivity index (χ4n) is 2.04. The van der Waals surface area contributed by atoms with Gasteiger partial charge in [0.1, 0.15) is 0 Å². The third kappa shape index (κ3) is 1.60. The average molecular weight is 176 g/mol. The Morgan fingerprint density at radius 2 is 1.92 bits per heavy atom. The number of likely N-dealkylation sites (tertiary alicyclic amines) is 1. The molecule has 1 saturated heterocycles. The molecule has 0 radical (unpaired) electrons. The molecule has 2 atom stereocenters. The van der Waals surface area contributed by atoms with E-state index in [1.807, 2.05) is 0 Å². The lowest BCUT2D eigenvalue weighted by Gasteiger charge is -2.23. The van der Waals surface area contributed by atoms with Crippen LogP contribution in [0, 0.1) is 0 Å². The Kier molecular flexibility index (Phi) is 2.34. The van der Waals surface area contributed by atoms with Crippen LogP contribution in [0.4, 0.5) is 0 Å². The standard InChI is InChI=1S/C11H16N2/c1-13-10(7-8-11(13)12)9-5-3-2-4-6-9/h2-6,10-11H,7-8,12H2,1H3.